The van der Waals surface area contributed by atoms with E-state index in [4.69, 9.17) is 4.74 Å². The second-order valence-electron chi connectivity index (χ2n) is 5.65. The van der Waals surface area contributed by atoms with Crippen molar-refractivity contribution in [1.82, 2.24) is 19.9 Å². The average molecular weight is 292 g/mol. The lowest BCUT2D eigenvalue weighted by Crippen LogP contribution is -2.34. The van der Waals surface area contributed by atoms with Crippen molar-refractivity contribution < 1.29 is 4.74 Å². The van der Waals surface area contributed by atoms with Crippen LogP contribution >= 0.6 is 0 Å². The normalized spacial score (nSPS) is 24.9. The monoisotopic (exact) mass is 292 g/mol. The van der Waals surface area contributed by atoms with E-state index in [0.717, 1.165) is 12.8 Å². The summed E-state index contributed by atoms with van der Waals surface area (Å²) in [5.74, 6) is 1.15. The van der Waals surface area contributed by atoms with Gasteiger partial charge in [0.25, 0.3) is 0 Å². The first-order chi connectivity index (χ1) is 10.3. The predicted molar refractivity (Wildman–Crippen MR) is 81.8 cm³/mol. The first kappa shape index (κ1) is 14.3. The van der Waals surface area contributed by atoms with Crippen LogP contribution in [0.25, 0.3) is 0 Å². The largest absolute Gasteiger partial charge is 0.463 e. The van der Waals surface area contributed by atoms with Gasteiger partial charge >= 0.3 is 6.01 Å². The predicted octanol–water partition coefficient (Wildman–Crippen LogP) is 1.35. The van der Waals surface area contributed by atoms with Crippen LogP contribution in [0.15, 0.2) is 0 Å². The first-order valence-electron chi connectivity index (χ1n) is 7.87. The molecule has 0 bridgehead atoms. The molecule has 0 saturated carbocycles. The zero-order chi connectivity index (χ0) is 14.7. The van der Waals surface area contributed by atoms with Crippen molar-refractivity contribution >= 4 is 11.9 Å². The molecule has 116 valence electrons. The zero-order valence-electron chi connectivity index (χ0n) is 12.8. The molecule has 3 heterocycles. The van der Waals surface area contributed by atoms with E-state index < -0.39 is 0 Å². The van der Waals surface area contributed by atoms with Crippen LogP contribution in [0, 0.1) is 0 Å². The van der Waals surface area contributed by atoms with Crippen molar-refractivity contribution in [3.63, 3.8) is 0 Å². The topological polar surface area (TPSA) is 75.2 Å². The van der Waals surface area contributed by atoms with Crippen molar-refractivity contribution in [2.75, 3.05) is 37.4 Å². The number of hydrogen-bond donors (Lipinski definition) is 2. The number of ether oxygens (including phenoxy) is 1. The maximum Gasteiger partial charge on any atom is 0.323 e. The van der Waals surface area contributed by atoms with Gasteiger partial charge in [0, 0.05) is 25.7 Å². The SMILES string of the molecule is CCCOc1nc(NC)nc(NC2CCN3CCCC23)n1. The van der Waals surface area contributed by atoms with E-state index in [1.54, 1.807) is 7.05 Å². The quantitative estimate of drug-likeness (QED) is 0.819. The number of aromatic nitrogens is 3. The third kappa shape index (κ3) is 3.18. The van der Waals surface area contributed by atoms with Gasteiger partial charge in [-0.05, 0) is 32.2 Å². The van der Waals surface area contributed by atoms with Gasteiger partial charge in [-0.1, -0.05) is 6.92 Å². The highest BCUT2D eigenvalue weighted by Gasteiger charge is 2.37. The molecule has 0 aliphatic carbocycles. The molecule has 2 atom stereocenters. The molecule has 2 aliphatic rings. The molecule has 0 spiro atoms. The summed E-state index contributed by atoms with van der Waals surface area (Å²) in [5.41, 5.74) is 0. The summed E-state index contributed by atoms with van der Waals surface area (Å²) < 4.78 is 5.54. The van der Waals surface area contributed by atoms with Gasteiger partial charge in [-0.15, -0.1) is 0 Å². The van der Waals surface area contributed by atoms with E-state index in [2.05, 4.69) is 37.4 Å². The molecule has 2 N–H and O–H groups in total. The van der Waals surface area contributed by atoms with Gasteiger partial charge < -0.3 is 15.4 Å². The molecule has 1 aromatic heterocycles. The van der Waals surface area contributed by atoms with Crippen LogP contribution in [0.5, 0.6) is 6.01 Å². The third-order valence-electron chi connectivity index (χ3n) is 4.19. The van der Waals surface area contributed by atoms with Crippen molar-refractivity contribution in [2.45, 2.75) is 44.7 Å². The van der Waals surface area contributed by atoms with Crippen LogP contribution in [0.4, 0.5) is 11.9 Å². The molecule has 1 aromatic rings. The number of hydrogen-bond acceptors (Lipinski definition) is 7. The molecule has 0 radical (unpaired) electrons. The Hall–Kier alpha value is -1.63. The second kappa shape index (κ2) is 6.43. The number of nitrogens with zero attached hydrogens (tertiary/aromatic N) is 4. The van der Waals surface area contributed by atoms with Gasteiger partial charge in [0.05, 0.1) is 6.61 Å². The minimum Gasteiger partial charge on any atom is -0.463 e. The molecule has 7 nitrogen and oxygen atoms in total. The summed E-state index contributed by atoms with van der Waals surface area (Å²) in [4.78, 5) is 15.6. The Kier molecular flexibility index (Phi) is 4.38. The zero-order valence-corrected chi connectivity index (χ0v) is 12.8. The maximum absolute atomic E-state index is 5.54. The number of nitrogens with one attached hydrogen (secondary N) is 2. The Labute approximate surface area is 125 Å². The fraction of sp³-hybridized carbons (Fsp3) is 0.786. The van der Waals surface area contributed by atoms with Gasteiger partial charge in [-0.25, -0.2) is 0 Å². The second-order valence-corrected chi connectivity index (χ2v) is 5.65. The van der Waals surface area contributed by atoms with Gasteiger partial charge in [0.15, 0.2) is 0 Å². The molecule has 2 unspecified atom stereocenters. The van der Waals surface area contributed by atoms with E-state index in [0.29, 0.717) is 36.6 Å². The van der Waals surface area contributed by atoms with Gasteiger partial charge in [0.2, 0.25) is 11.9 Å². The number of anilines is 2. The molecular weight excluding hydrogens is 268 g/mol. The molecule has 2 saturated heterocycles. The summed E-state index contributed by atoms with van der Waals surface area (Å²) in [5, 5.41) is 6.44. The van der Waals surface area contributed by atoms with Gasteiger partial charge in [-0.3, -0.25) is 4.90 Å². The van der Waals surface area contributed by atoms with E-state index in [-0.39, 0.29) is 0 Å². The molecule has 7 heteroatoms. The van der Waals surface area contributed by atoms with Gasteiger partial charge in [0.1, 0.15) is 0 Å². The third-order valence-corrected chi connectivity index (χ3v) is 4.19. The van der Waals surface area contributed by atoms with Crippen LogP contribution in [0.3, 0.4) is 0 Å². The standard InChI is InChI=1S/C14H24N6O/c1-3-9-21-14-18-12(15-2)17-13(19-14)16-10-6-8-20-7-4-5-11(10)20/h10-11H,3-9H2,1-2H3,(H2,15,16,17,18,19). The van der Waals surface area contributed by atoms with E-state index in [1.807, 2.05) is 0 Å². The summed E-state index contributed by atoms with van der Waals surface area (Å²) in [7, 11) is 1.80. The van der Waals surface area contributed by atoms with Crippen LogP contribution < -0.4 is 15.4 Å². The molecular formula is C14H24N6O. The molecule has 2 aliphatic heterocycles. The fourth-order valence-corrected chi connectivity index (χ4v) is 3.21. The van der Waals surface area contributed by atoms with E-state index >= 15 is 0 Å². The van der Waals surface area contributed by atoms with Crippen molar-refractivity contribution in [1.29, 1.82) is 0 Å². The Balaban J connectivity index is 1.71. The highest BCUT2D eigenvalue weighted by Crippen LogP contribution is 2.29. The number of fused-ring (bicyclic) bond motifs is 1. The van der Waals surface area contributed by atoms with Crippen molar-refractivity contribution in [3.8, 4) is 6.01 Å². The Morgan fingerprint density at radius 1 is 1.19 bits per heavy atom. The summed E-state index contributed by atoms with van der Waals surface area (Å²) in [6.07, 6.45) is 4.65. The lowest BCUT2D eigenvalue weighted by atomic mass is 10.1. The van der Waals surface area contributed by atoms with Crippen LogP contribution in [0.1, 0.15) is 32.6 Å². The maximum atomic E-state index is 5.54. The summed E-state index contributed by atoms with van der Waals surface area (Å²) >= 11 is 0. The highest BCUT2D eigenvalue weighted by atomic mass is 16.5. The minimum absolute atomic E-state index is 0.389. The number of rotatable bonds is 6. The van der Waals surface area contributed by atoms with E-state index in [1.165, 1.54) is 25.9 Å². The average Bonchev–Trinajstić information content (AvgIpc) is 3.10. The minimum atomic E-state index is 0.389. The van der Waals surface area contributed by atoms with Crippen LogP contribution in [0.2, 0.25) is 0 Å². The Bertz CT molecular complexity index is 483. The molecule has 0 amide bonds. The molecule has 21 heavy (non-hydrogen) atoms. The Morgan fingerprint density at radius 2 is 2.05 bits per heavy atom. The van der Waals surface area contributed by atoms with Crippen LogP contribution in [-0.4, -0.2) is 58.7 Å². The Morgan fingerprint density at radius 3 is 2.86 bits per heavy atom. The van der Waals surface area contributed by atoms with Crippen molar-refractivity contribution in [3.05, 3.63) is 0 Å². The fourth-order valence-electron chi connectivity index (χ4n) is 3.21. The summed E-state index contributed by atoms with van der Waals surface area (Å²) in [6.45, 7) is 5.08. The lowest BCUT2D eigenvalue weighted by Gasteiger charge is -2.21. The highest BCUT2D eigenvalue weighted by molar-refractivity contribution is 5.37. The summed E-state index contributed by atoms with van der Waals surface area (Å²) in [6, 6.07) is 1.44. The van der Waals surface area contributed by atoms with Crippen molar-refractivity contribution in [2.24, 2.45) is 0 Å². The molecule has 0 aromatic carbocycles. The molecule has 2 fully saturated rings. The first-order valence-corrected chi connectivity index (χ1v) is 7.87. The lowest BCUT2D eigenvalue weighted by molar-refractivity contribution is 0.292. The van der Waals surface area contributed by atoms with E-state index in [9.17, 15) is 0 Å². The smallest absolute Gasteiger partial charge is 0.323 e. The van der Waals surface area contributed by atoms with Gasteiger partial charge in [-0.2, -0.15) is 15.0 Å². The van der Waals surface area contributed by atoms with Crippen LogP contribution in [-0.2, 0) is 0 Å². The molecule has 3 rings (SSSR count).